The van der Waals surface area contributed by atoms with Gasteiger partial charge in [0.25, 0.3) is 0 Å². The van der Waals surface area contributed by atoms with Gasteiger partial charge >= 0.3 is 0 Å². The van der Waals surface area contributed by atoms with Crippen molar-refractivity contribution in [3.8, 4) is 0 Å². The fourth-order valence-corrected chi connectivity index (χ4v) is 5.00. The molecule has 0 saturated carbocycles. The Morgan fingerprint density at radius 3 is 2.15 bits per heavy atom. The fourth-order valence-electron chi connectivity index (χ4n) is 4.16. The quantitative estimate of drug-likeness (QED) is 0.383. The van der Waals surface area contributed by atoms with Crippen LogP contribution in [-0.4, -0.2) is 50.0 Å². The normalized spacial score (nSPS) is 12.2. The van der Waals surface area contributed by atoms with Crippen LogP contribution in [0.15, 0.2) is 72.8 Å². The molecule has 0 aliphatic rings. The minimum atomic E-state index is -4.08. The number of aryl methyl sites for hydroxylation is 1. The second kappa shape index (κ2) is 12.8. The summed E-state index contributed by atoms with van der Waals surface area (Å²) in [5.41, 5.74) is 2.27. The van der Waals surface area contributed by atoms with Crippen molar-refractivity contribution >= 4 is 27.5 Å². The molecule has 0 radical (unpaired) electrons. The molecule has 3 aromatic carbocycles. The number of sulfonamides is 1. The van der Waals surface area contributed by atoms with Crippen LogP contribution in [0.1, 0.15) is 30.5 Å². The molecule has 0 aliphatic heterocycles. The predicted molar refractivity (Wildman–Crippen MR) is 147 cm³/mol. The molecule has 1 N–H and O–H groups in total. The van der Waals surface area contributed by atoms with Crippen LogP contribution < -0.4 is 9.62 Å². The Labute approximate surface area is 228 Å². The standard InChI is InChI=1S/C29H33F2N3O4S/c1-20(2)32-29(36)27(16-22-11-6-5-7-12-22)33(18-23-13-9-8-10-21(23)3)28(35)19-34(39(4,37)38)24-14-15-25(30)26(31)17-24/h5-15,17,20,27H,16,18-19H2,1-4H3,(H,32,36)/t27-/m1/s1. The smallest absolute Gasteiger partial charge is 0.244 e. The number of anilines is 1. The van der Waals surface area contributed by atoms with E-state index < -0.39 is 46.1 Å². The molecule has 39 heavy (non-hydrogen) atoms. The monoisotopic (exact) mass is 557 g/mol. The Morgan fingerprint density at radius 1 is 0.923 bits per heavy atom. The topological polar surface area (TPSA) is 86.8 Å². The van der Waals surface area contributed by atoms with Gasteiger partial charge in [0.15, 0.2) is 11.6 Å². The number of benzene rings is 3. The van der Waals surface area contributed by atoms with Gasteiger partial charge in [-0.2, -0.15) is 0 Å². The first-order chi connectivity index (χ1) is 18.4. The Kier molecular flexibility index (Phi) is 9.80. The van der Waals surface area contributed by atoms with Crippen LogP contribution in [0.2, 0.25) is 0 Å². The summed E-state index contributed by atoms with van der Waals surface area (Å²) < 4.78 is 53.7. The number of halogens is 2. The Hall–Kier alpha value is -3.79. The molecule has 0 aromatic heterocycles. The first kappa shape index (κ1) is 29.8. The minimum absolute atomic E-state index is 0.0316. The van der Waals surface area contributed by atoms with Crippen LogP contribution >= 0.6 is 0 Å². The molecule has 0 fully saturated rings. The van der Waals surface area contributed by atoms with E-state index in [9.17, 15) is 26.8 Å². The van der Waals surface area contributed by atoms with Gasteiger partial charge in [0.05, 0.1) is 11.9 Å². The lowest BCUT2D eigenvalue weighted by Crippen LogP contribution is -2.54. The van der Waals surface area contributed by atoms with Crippen molar-refractivity contribution in [1.82, 2.24) is 10.2 Å². The zero-order valence-electron chi connectivity index (χ0n) is 22.4. The van der Waals surface area contributed by atoms with Crippen LogP contribution in [0, 0.1) is 18.6 Å². The lowest BCUT2D eigenvalue weighted by atomic mass is 10.0. The first-order valence-electron chi connectivity index (χ1n) is 12.5. The molecule has 2 amide bonds. The minimum Gasteiger partial charge on any atom is -0.352 e. The molecule has 3 aromatic rings. The number of amides is 2. The van der Waals surface area contributed by atoms with Gasteiger partial charge in [-0.1, -0.05) is 54.6 Å². The van der Waals surface area contributed by atoms with Crippen molar-refractivity contribution in [3.63, 3.8) is 0 Å². The van der Waals surface area contributed by atoms with Crippen LogP contribution in [0.25, 0.3) is 0 Å². The first-order valence-corrected chi connectivity index (χ1v) is 14.3. The number of hydrogen-bond acceptors (Lipinski definition) is 4. The molecule has 208 valence electrons. The van der Waals surface area contributed by atoms with E-state index in [2.05, 4.69) is 5.32 Å². The van der Waals surface area contributed by atoms with Crippen molar-refractivity contribution in [2.45, 2.75) is 45.8 Å². The summed E-state index contributed by atoms with van der Waals surface area (Å²) in [5, 5.41) is 2.87. The summed E-state index contributed by atoms with van der Waals surface area (Å²) in [6.45, 7) is 4.81. The van der Waals surface area contributed by atoms with E-state index in [1.807, 2.05) is 61.5 Å². The summed E-state index contributed by atoms with van der Waals surface area (Å²) in [5.74, 6) is -3.46. The molecular formula is C29H33F2N3O4S. The third kappa shape index (κ3) is 8.10. The fraction of sp³-hybridized carbons (Fsp3) is 0.310. The van der Waals surface area contributed by atoms with Crippen molar-refractivity contribution in [2.75, 3.05) is 17.1 Å². The third-order valence-corrected chi connectivity index (χ3v) is 7.31. The number of hydrogen-bond donors (Lipinski definition) is 1. The summed E-state index contributed by atoms with van der Waals surface area (Å²) >= 11 is 0. The predicted octanol–water partition coefficient (Wildman–Crippen LogP) is 4.20. The van der Waals surface area contributed by atoms with E-state index in [0.717, 1.165) is 41.1 Å². The van der Waals surface area contributed by atoms with Crippen molar-refractivity contribution in [3.05, 3.63) is 101 Å². The Bertz CT molecular complexity index is 1420. The van der Waals surface area contributed by atoms with Gasteiger partial charge in [-0.25, -0.2) is 17.2 Å². The molecule has 0 aliphatic carbocycles. The molecule has 0 unspecified atom stereocenters. The maximum atomic E-state index is 14.0. The van der Waals surface area contributed by atoms with Gasteiger partial charge in [-0.3, -0.25) is 13.9 Å². The van der Waals surface area contributed by atoms with Crippen LogP contribution in [0.3, 0.4) is 0 Å². The SMILES string of the molecule is Cc1ccccc1CN(C(=O)CN(c1ccc(F)c(F)c1)S(C)(=O)=O)[C@H](Cc1ccccc1)C(=O)NC(C)C. The maximum Gasteiger partial charge on any atom is 0.244 e. The van der Waals surface area contributed by atoms with Crippen molar-refractivity contribution < 1.29 is 26.8 Å². The molecule has 0 bridgehead atoms. The maximum absolute atomic E-state index is 14.0. The van der Waals surface area contributed by atoms with Gasteiger partial charge in [-0.15, -0.1) is 0 Å². The summed E-state index contributed by atoms with van der Waals surface area (Å²) in [6, 6.07) is 18.0. The van der Waals surface area contributed by atoms with Gasteiger partial charge in [0, 0.05) is 25.1 Å². The third-order valence-electron chi connectivity index (χ3n) is 6.17. The van der Waals surface area contributed by atoms with E-state index in [4.69, 9.17) is 0 Å². The van der Waals surface area contributed by atoms with Crippen LogP contribution in [-0.2, 0) is 32.6 Å². The largest absolute Gasteiger partial charge is 0.352 e. The van der Waals surface area contributed by atoms with Crippen LogP contribution in [0.4, 0.5) is 14.5 Å². The molecule has 10 heteroatoms. The van der Waals surface area contributed by atoms with E-state index in [0.29, 0.717) is 4.31 Å². The molecule has 0 saturated heterocycles. The van der Waals surface area contributed by atoms with Crippen molar-refractivity contribution in [1.29, 1.82) is 0 Å². The molecule has 0 heterocycles. The highest BCUT2D eigenvalue weighted by Crippen LogP contribution is 2.23. The Balaban J connectivity index is 2.08. The number of carbonyl (C=O) groups excluding carboxylic acids is 2. The van der Waals surface area contributed by atoms with Gasteiger partial charge in [0.1, 0.15) is 12.6 Å². The summed E-state index contributed by atoms with van der Waals surface area (Å²) in [7, 11) is -4.08. The number of rotatable bonds is 11. The van der Waals surface area contributed by atoms with Crippen molar-refractivity contribution in [2.24, 2.45) is 0 Å². The summed E-state index contributed by atoms with van der Waals surface area (Å²) in [4.78, 5) is 28.8. The number of nitrogens with one attached hydrogen (secondary N) is 1. The zero-order valence-corrected chi connectivity index (χ0v) is 23.2. The van der Waals surface area contributed by atoms with E-state index >= 15 is 0 Å². The zero-order chi connectivity index (χ0) is 28.7. The highest BCUT2D eigenvalue weighted by Gasteiger charge is 2.33. The van der Waals surface area contributed by atoms with Gasteiger partial charge in [0.2, 0.25) is 21.8 Å². The highest BCUT2D eigenvalue weighted by atomic mass is 32.2. The highest BCUT2D eigenvalue weighted by molar-refractivity contribution is 7.92. The molecule has 1 atom stereocenters. The van der Waals surface area contributed by atoms with E-state index in [1.165, 1.54) is 4.90 Å². The summed E-state index contributed by atoms with van der Waals surface area (Å²) in [6.07, 6.45) is 1.06. The average Bonchev–Trinajstić information content (AvgIpc) is 2.87. The van der Waals surface area contributed by atoms with E-state index in [1.54, 1.807) is 13.8 Å². The number of carbonyl (C=O) groups is 2. The number of nitrogens with zero attached hydrogens (tertiary/aromatic N) is 2. The van der Waals surface area contributed by atoms with Gasteiger partial charge < -0.3 is 10.2 Å². The molecule has 0 spiro atoms. The van der Waals surface area contributed by atoms with Crippen LogP contribution in [0.5, 0.6) is 0 Å². The van der Waals surface area contributed by atoms with Gasteiger partial charge in [-0.05, 0) is 49.6 Å². The molecular weight excluding hydrogens is 524 g/mol. The molecule has 3 rings (SSSR count). The lowest BCUT2D eigenvalue weighted by molar-refractivity contribution is -0.140. The average molecular weight is 558 g/mol. The van der Waals surface area contributed by atoms with E-state index in [-0.39, 0.29) is 24.7 Å². The Morgan fingerprint density at radius 2 is 1.56 bits per heavy atom. The second-order valence-corrected chi connectivity index (χ2v) is 11.6. The second-order valence-electron chi connectivity index (χ2n) is 9.68. The lowest BCUT2D eigenvalue weighted by Gasteiger charge is -2.34. The molecule has 7 nitrogen and oxygen atoms in total.